The molecular weight excluding hydrogens is 385 g/mol. The normalized spacial score (nSPS) is 11.3. The van der Waals surface area contributed by atoms with Crippen LogP contribution in [0.3, 0.4) is 0 Å². The Hall–Kier alpha value is -0.300. The third kappa shape index (κ3) is 3.62. The van der Waals surface area contributed by atoms with Gasteiger partial charge in [0.2, 0.25) is 0 Å². The van der Waals surface area contributed by atoms with Gasteiger partial charge >= 0.3 is 5.97 Å². The molecule has 0 aliphatic rings. The number of anilines is 1. The molecular formula is C11H13BrINO2. The van der Waals surface area contributed by atoms with Crippen LogP contribution < -0.4 is 5.73 Å². The van der Waals surface area contributed by atoms with E-state index < -0.39 is 5.60 Å². The molecule has 0 saturated heterocycles. The zero-order valence-electron chi connectivity index (χ0n) is 9.30. The number of rotatable bonds is 1. The molecule has 2 N–H and O–H groups in total. The van der Waals surface area contributed by atoms with Crippen molar-refractivity contribution in [2.75, 3.05) is 5.73 Å². The molecule has 16 heavy (non-hydrogen) atoms. The Morgan fingerprint density at radius 3 is 2.44 bits per heavy atom. The van der Waals surface area contributed by atoms with E-state index in [4.69, 9.17) is 10.5 Å². The second kappa shape index (κ2) is 4.91. The topological polar surface area (TPSA) is 52.3 Å². The molecule has 1 aromatic carbocycles. The Kier molecular flexibility index (Phi) is 4.23. The number of ether oxygens (including phenoxy) is 1. The van der Waals surface area contributed by atoms with Crippen molar-refractivity contribution in [3.05, 3.63) is 25.7 Å². The van der Waals surface area contributed by atoms with Crippen LogP contribution in [0, 0.1) is 3.57 Å². The van der Waals surface area contributed by atoms with Crippen LogP contribution in [0.1, 0.15) is 31.1 Å². The zero-order chi connectivity index (χ0) is 12.5. The standard InChI is InChI=1S/C11H13BrINO2/c1-11(2,3)16-10(15)6-4-7(12)9(14)8(13)5-6/h4-5H,14H2,1-3H3. The number of benzene rings is 1. The SMILES string of the molecule is CC(C)(C)OC(=O)c1cc(Br)c(N)c(I)c1. The monoisotopic (exact) mass is 397 g/mol. The van der Waals surface area contributed by atoms with E-state index in [2.05, 4.69) is 38.5 Å². The lowest BCUT2D eigenvalue weighted by atomic mass is 10.1. The first kappa shape index (κ1) is 13.8. The van der Waals surface area contributed by atoms with Gasteiger partial charge in [-0.2, -0.15) is 0 Å². The predicted octanol–water partition coefficient (Wildman–Crippen LogP) is 3.59. The van der Waals surface area contributed by atoms with E-state index in [9.17, 15) is 4.79 Å². The van der Waals surface area contributed by atoms with Crippen molar-refractivity contribution in [2.24, 2.45) is 0 Å². The Labute approximate surface area is 117 Å². The number of carbonyl (C=O) groups excluding carboxylic acids is 1. The molecule has 0 unspecified atom stereocenters. The van der Waals surface area contributed by atoms with Crippen molar-refractivity contribution in [1.29, 1.82) is 0 Å². The quantitative estimate of drug-likeness (QED) is 0.447. The molecule has 88 valence electrons. The van der Waals surface area contributed by atoms with Crippen LogP contribution in [0.2, 0.25) is 0 Å². The molecule has 0 heterocycles. The maximum absolute atomic E-state index is 11.8. The summed E-state index contributed by atoms with van der Waals surface area (Å²) >= 11 is 5.39. The fourth-order valence-corrected chi connectivity index (χ4v) is 2.50. The molecule has 0 spiro atoms. The van der Waals surface area contributed by atoms with Gasteiger partial charge in [-0.3, -0.25) is 0 Å². The highest BCUT2D eigenvalue weighted by atomic mass is 127. The minimum Gasteiger partial charge on any atom is -0.456 e. The molecule has 3 nitrogen and oxygen atoms in total. The van der Waals surface area contributed by atoms with E-state index in [0.29, 0.717) is 15.7 Å². The van der Waals surface area contributed by atoms with Gasteiger partial charge in [0.15, 0.2) is 0 Å². The maximum atomic E-state index is 11.8. The number of hydrogen-bond acceptors (Lipinski definition) is 3. The summed E-state index contributed by atoms with van der Waals surface area (Å²) in [7, 11) is 0. The van der Waals surface area contributed by atoms with Gasteiger partial charge in [-0.1, -0.05) is 0 Å². The highest BCUT2D eigenvalue weighted by molar-refractivity contribution is 14.1. The van der Waals surface area contributed by atoms with Gasteiger partial charge in [-0.15, -0.1) is 0 Å². The number of carbonyl (C=O) groups is 1. The van der Waals surface area contributed by atoms with Gasteiger partial charge in [-0.25, -0.2) is 4.79 Å². The van der Waals surface area contributed by atoms with E-state index in [1.165, 1.54) is 0 Å². The Bertz CT molecular complexity index is 403. The third-order valence-corrected chi connectivity index (χ3v) is 3.26. The van der Waals surface area contributed by atoms with Gasteiger partial charge in [0.1, 0.15) is 5.60 Å². The van der Waals surface area contributed by atoms with Crippen LogP contribution in [-0.2, 0) is 4.74 Å². The maximum Gasteiger partial charge on any atom is 0.338 e. The fourth-order valence-electron chi connectivity index (χ4n) is 1.04. The first-order valence-corrected chi connectivity index (χ1v) is 6.56. The van der Waals surface area contributed by atoms with E-state index in [1.807, 2.05) is 20.8 Å². The van der Waals surface area contributed by atoms with Crippen LogP contribution in [0.4, 0.5) is 5.69 Å². The predicted molar refractivity (Wildman–Crippen MR) is 76.4 cm³/mol. The highest BCUT2D eigenvalue weighted by Crippen LogP contribution is 2.27. The summed E-state index contributed by atoms with van der Waals surface area (Å²) in [5, 5.41) is 0. The number of hydrogen-bond donors (Lipinski definition) is 1. The lowest BCUT2D eigenvalue weighted by Gasteiger charge is -2.19. The van der Waals surface area contributed by atoms with Crippen LogP contribution >= 0.6 is 38.5 Å². The van der Waals surface area contributed by atoms with Crippen molar-refractivity contribution >= 4 is 50.2 Å². The molecule has 0 fully saturated rings. The molecule has 0 radical (unpaired) electrons. The number of nitrogens with two attached hydrogens (primary N) is 1. The van der Waals surface area contributed by atoms with Crippen LogP contribution in [0.25, 0.3) is 0 Å². The molecule has 1 rings (SSSR count). The first-order chi connectivity index (χ1) is 7.20. The summed E-state index contributed by atoms with van der Waals surface area (Å²) in [4.78, 5) is 11.8. The largest absolute Gasteiger partial charge is 0.456 e. The molecule has 0 aromatic heterocycles. The average molecular weight is 398 g/mol. The Morgan fingerprint density at radius 2 is 2.00 bits per heavy atom. The van der Waals surface area contributed by atoms with Crippen LogP contribution in [0.15, 0.2) is 16.6 Å². The van der Waals surface area contributed by atoms with Gasteiger partial charge in [0, 0.05) is 8.04 Å². The fraction of sp³-hybridized carbons (Fsp3) is 0.364. The third-order valence-electron chi connectivity index (χ3n) is 1.71. The molecule has 0 bridgehead atoms. The molecule has 0 atom stereocenters. The lowest BCUT2D eigenvalue weighted by Crippen LogP contribution is -2.24. The second-order valence-corrected chi connectivity index (χ2v) is 6.37. The van der Waals surface area contributed by atoms with Crippen molar-refractivity contribution in [3.8, 4) is 0 Å². The number of nitrogen functional groups attached to an aromatic ring is 1. The van der Waals surface area contributed by atoms with Crippen LogP contribution in [-0.4, -0.2) is 11.6 Å². The highest BCUT2D eigenvalue weighted by Gasteiger charge is 2.19. The summed E-state index contributed by atoms with van der Waals surface area (Å²) in [6.45, 7) is 5.51. The molecule has 1 aromatic rings. The first-order valence-electron chi connectivity index (χ1n) is 4.68. The second-order valence-electron chi connectivity index (χ2n) is 4.36. The molecule has 0 aliphatic carbocycles. The number of halogens is 2. The van der Waals surface area contributed by atoms with Gasteiger partial charge in [0.25, 0.3) is 0 Å². The lowest BCUT2D eigenvalue weighted by molar-refractivity contribution is 0.00694. The summed E-state index contributed by atoms with van der Waals surface area (Å²) in [5.74, 6) is -0.342. The van der Waals surface area contributed by atoms with Crippen LogP contribution in [0.5, 0.6) is 0 Å². The van der Waals surface area contributed by atoms with E-state index >= 15 is 0 Å². The summed E-state index contributed by atoms with van der Waals surface area (Å²) in [5.41, 5.74) is 6.41. The summed E-state index contributed by atoms with van der Waals surface area (Å²) in [6, 6.07) is 3.39. The van der Waals surface area contributed by atoms with Gasteiger partial charge in [0.05, 0.1) is 11.3 Å². The molecule has 0 amide bonds. The zero-order valence-corrected chi connectivity index (χ0v) is 13.0. The van der Waals surface area contributed by atoms with E-state index in [-0.39, 0.29) is 5.97 Å². The Morgan fingerprint density at radius 1 is 1.44 bits per heavy atom. The van der Waals surface area contributed by atoms with Crippen molar-refractivity contribution < 1.29 is 9.53 Å². The van der Waals surface area contributed by atoms with Crippen molar-refractivity contribution in [1.82, 2.24) is 0 Å². The average Bonchev–Trinajstić information content (AvgIpc) is 2.10. The molecule has 5 heteroatoms. The van der Waals surface area contributed by atoms with Gasteiger partial charge in [-0.05, 0) is 71.4 Å². The smallest absolute Gasteiger partial charge is 0.338 e. The summed E-state index contributed by atoms with van der Waals surface area (Å²) < 4.78 is 6.80. The number of esters is 1. The van der Waals surface area contributed by atoms with Gasteiger partial charge < -0.3 is 10.5 Å². The minimum atomic E-state index is -0.490. The van der Waals surface area contributed by atoms with E-state index in [0.717, 1.165) is 3.57 Å². The molecule has 0 aliphatic heterocycles. The Balaban J connectivity index is 3.02. The minimum absolute atomic E-state index is 0.342. The van der Waals surface area contributed by atoms with Crippen molar-refractivity contribution in [2.45, 2.75) is 26.4 Å². The summed E-state index contributed by atoms with van der Waals surface area (Å²) in [6.07, 6.45) is 0. The van der Waals surface area contributed by atoms with E-state index in [1.54, 1.807) is 12.1 Å². The van der Waals surface area contributed by atoms with Crippen molar-refractivity contribution in [3.63, 3.8) is 0 Å². The molecule has 0 saturated carbocycles.